The highest BCUT2D eigenvalue weighted by Gasteiger charge is 2.28. The molecule has 0 bridgehead atoms. The lowest BCUT2D eigenvalue weighted by Gasteiger charge is -2.24. The van der Waals surface area contributed by atoms with Crippen molar-refractivity contribution in [2.75, 3.05) is 27.2 Å². The van der Waals surface area contributed by atoms with E-state index in [9.17, 15) is 4.79 Å². The molecule has 0 saturated heterocycles. The number of amides is 1. The first-order valence-corrected chi connectivity index (χ1v) is 5.28. The van der Waals surface area contributed by atoms with E-state index in [2.05, 4.69) is 29.5 Å². The quantitative estimate of drug-likeness (QED) is 0.623. The van der Waals surface area contributed by atoms with Crippen LogP contribution in [0.2, 0.25) is 0 Å². The van der Waals surface area contributed by atoms with Crippen molar-refractivity contribution in [1.82, 2.24) is 15.5 Å². The number of hydrogen-bond acceptors (Lipinski definition) is 3. The first kappa shape index (κ1) is 11.5. The van der Waals surface area contributed by atoms with Crippen molar-refractivity contribution < 1.29 is 4.79 Å². The fourth-order valence-electron chi connectivity index (χ4n) is 1.47. The van der Waals surface area contributed by atoms with Crippen LogP contribution in [0.1, 0.15) is 19.8 Å². The molecule has 1 unspecified atom stereocenters. The van der Waals surface area contributed by atoms with E-state index >= 15 is 0 Å². The van der Waals surface area contributed by atoms with Gasteiger partial charge in [-0.1, -0.05) is 0 Å². The minimum Gasteiger partial charge on any atom is -0.358 e. The van der Waals surface area contributed by atoms with Crippen molar-refractivity contribution in [2.45, 2.75) is 31.8 Å². The van der Waals surface area contributed by atoms with Crippen molar-refractivity contribution >= 4 is 5.91 Å². The monoisotopic (exact) mass is 199 g/mol. The van der Waals surface area contributed by atoms with E-state index in [1.54, 1.807) is 7.05 Å². The topological polar surface area (TPSA) is 44.4 Å². The summed E-state index contributed by atoms with van der Waals surface area (Å²) in [5.74, 6) is 0.0475. The second-order valence-corrected chi connectivity index (χ2v) is 4.05. The summed E-state index contributed by atoms with van der Waals surface area (Å²) in [6.07, 6.45) is 2.66. The molecule has 1 amide bonds. The average Bonchev–Trinajstić information content (AvgIpc) is 2.99. The van der Waals surface area contributed by atoms with E-state index < -0.39 is 0 Å². The molecule has 1 rings (SSSR count). The van der Waals surface area contributed by atoms with E-state index in [1.807, 2.05) is 0 Å². The number of carbonyl (C=O) groups excluding carboxylic acids is 1. The maximum absolute atomic E-state index is 10.9. The predicted octanol–water partition coefficient (Wildman–Crippen LogP) is -0.195. The molecule has 4 heteroatoms. The largest absolute Gasteiger partial charge is 0.358 e. The van der Waals surface area contributed by atoms with Gasteiger partial charge in [0.1, 0.15) is 0 Å². The van der Waals surface area contributed by atoms with Gasteiger partial charge in [0.25, 0.3) is 0 Å². The zero-order valence-electron chi connectivity index (χ0n) is 9.34. The van der Waals surface area contributed by atoms with Gasteiger partial charge in [-0.15, -0.1) is 0 Å². The molecule has 4 nitrogen and oxygen atoms in total. The standard InChI is InChI=1S/C10H21N3O/c1-8(13(3)9-4-5-9)6-12-7-10(14)11-2/h8-9,12H,4-7H2,1-3H3,(H,11,14). The lowest BCUT2D eigenvalue weighted by atomic mass is 10.3. The Morgan fingerprint density at radius 2 is 2.21 bits per heavy atom. The van der Waals surface area contributed by atoms with Crippen LogP contribution in [0.3, 0.4) is 0 Å². The third-order valence-electron chi connectivity index (χ3n) is 2.82. The lowest BCUT2D eigenvalue weighted by Crippen LogP contribution is -2.42. The number of rotatable bonds is 6. The van der Waals surface area contributed by atoms with Crippen LogP contribution >= 0.6 is 0 Å². The normalized spacial score (nSPS) is 18.3. The van der Waals surface area contributed by atoms with Crippen molar-refractivity contribution in [3.05, 3.63) is 0 Å². The Bertz CT molecular complexity index is 192. The highest BCUT2D eigenvalue weighted by molar-refractivity contribution is 5.77. The van der Waals surface area contributed by atoms with E-state index in [0.717, 1.165) is 12.6 Å². The average molecular weight is 199 g/mol. The Labute approximate surface area is 86.0 Å². The van der Waals surface area contributed by atoms with Crippen LogP contribution in [-0.4, -0.2) is 50.1 Å². The van der Waals surface area contributed by atoms with E-state index in [0.29, 0.717) is 12.6 Å². The second-order valence-electron chi connectivity index (χ2n) is 4.05. The summed E-state index contributed by atoms with van der Waals surface area (Å²) < 4.78 is 0. The van der Waals surface area contributed by atoms with Gasteiger partial charge in [0.2, 0.25) is 5.91 Å². The third kappa shape index (κ3) is 3.64. The van der Waals surface area contributed by atoms with Crippen molar-refractivity contribution in [3.8, 4) is 0 Å². The van der Waals surface area contributed by atoms with E-state index in [-0.39, 0.29) is 5.91 Å². The molecule has 1 fully saturated rings. The summed E-state index contributed by atoms with van der Waals surface area (Å²) in [5.41, 5.74) is 0. The Balaban J connectivity index is 2.07. The van der Waals surface area contributed by atoms with Gasteiger partial charge in [-0.25, -0.2) is 0 Å². The number of hydrogen-bond donors (Lipinski definition) is 2. The molecule has 14 heavy (non-hydrogen) atoms. The van der Waals surface area contributed by atoms with Gasteiger partial charge in [0, 0.05) is 25.7 Å². The Hall–Kier alpha value is -0.610. The van der Waals surface area contributed by atoms with E-state index in [1.165, 1.54) is 12.8 Å². The molecule has 1 aliphatic rings. The maximum atomic E-state index is 10.9. The summed E-state index contributed by atoms with van der Waals surface area (Å²) in [5, 5.41) is 5.73. The number of nitrogens with zero attached hydrogens (tertiary/aromatic N) is 1. The van der Waals surface area contributed by atoms with Gasteiger partial charge in [0.05, 0.1) is 6.54 Å². The van der Waals surface area contributed by atoms with Gasteiger partial charge in [-0.3, -0.25) is 9.69 Å². The van der Waals surface area contributed by atoms with Gasteiger partial charge in [-0.05, 0) is 26.8 Å². The van der Waals surface area contributed by atoms with Gasteiger partial charge >= 0.3 is 0 Å². The van der Waals surface area contributed by atoms with Crippen LogP contribution in [-0.2, 0) is 4.79 Å². The van der Waals surface area contributed by atoms with E-state index in [4.69, 9.17) is 0 Å². The number of likely N-dealkylation sites (N-methyl/N-ethyl adjacent to an activating group) is 2. The van der Waals surface area contributed by atoms with Crippen LogP contribution in [0.5, 0.6) is 0 Å². The molecule has 1 aliphatic carbocycles. The summed E-state index contributed by atoms with van der Waals surface area (Å²) in [6, 6.07) is 1.29. The third-order valence-corrected chi connectivity index (χ3v) is 2.82. The molecule has 1 saturated carbocycles. The zero-order chi connectivity index (χ0) is 10.6. The molecule has 0 radical (unpaired) electrons. The summed E-state index contributed by atoms with van der Waals surface area (Å²) in [6.45, 7) is 3.48. The smallest absolute Gasteiger partial charge is 0.233 e. The van der Waals surface area contributed by atoms with Gasteiger partial charge in [-0.2, -0.15) is 0 Å². The Morgan fingerprint density at radius 1 is 1.57 bits per heavy atom. The first-order valence-electron chi connectivity index (χ1n) is 5.28. The summed E-state index contributed by atoms with van der Waals surface area (Å²) in [4.78, 5) is 13.3. The van der Waals surface area contributed by atoms with Crippen LogP contribution < -0.4 is 10.6 Å². The molecular formula is C10H21N3O. The number of nitrogens with one attached hydrogen (secondary N) is 2. The molecular weight excluding hydrogens is 178 g/mol. The molecule has 1 atom stereocenters. The van der Waals surface area contributed by atoms with Crippen molar-refractivity contribution in [1.29, 1.82) is 0 Å². The SMILES string of the molecule is CNC(=O)CNCC(C)N(C)C1CC1. The molecule has 0 aromatic rings. The predicted molar refractivity (Wildman–Crippen MR) is 57.2 cm³/mol. The van der Waals surface area contributed by atoms with Crippen LogP contribution in [0.4, 0.5) is 0 Å². The highest BCUT2D eigenvalue weighted by Crippen LogP contribution is 2.26. The summed E-state index contributed by atoms with van der Waals surface area (Å²) in [7, 11) is 3.81. The van der Waals surface area contributed by atoms with Crippen LogP contribution in [0.15, 0.2) is 0 Å². The Morgan fingerprint density at radius 3 is 2.71 bits per heavy atom. The second kappa shape index (κ2) is 5.32. The number of carbonyl (C=O) groups is 1. The Kier molecular flexibility index (Phi) is 4.35. The summed E-state index contributed by atoms with van der Waals surface area (Å²) >= 11 is 0. The molecule has 2 N–H and O–H groups in total. The van der Waals surface area contributed by atoms with Crippen molar-refractivity contribution in [2.24, 2.45) is 0 Å². The molecule has 0 aromatic carbocycles. The minimum atomic E-state index is 0.0475. The van der Waals surface area contributed by atoms with Gasteiger partial charge < -0.3 is 10.6 Å². The lowest BCUT2D eigenvalue weighted by molar-refractivity contribution is -0.119. The van der Waals surface area contributed by atoms with Crippen LogP contribution in [0, 0.1) is 0 Å². The highest BCUT2D eigenvalue weighted by atomic mass is 16.1. The first-order chi connectivity index (χ1) is 6.65. The van der Waals surface area contributed by atoms with Gasteiger partial charge in [0.15, 0.2) is 0 Å². The fraction of sp³-hybridized carbons (Fsp3) is 0.900. The molecule has 0 aliphatic heterocycles. The molecule has 0 spiro atoms. The molecule has 82 valence electrons. The minimum absolute atomic E-state index is 0.0475. The molecule has 0 heterocycles. The maximum Gasteiger partial charge on any atom is 0.233 e. The van der Waals surface area contributed by atoms with Crippen LogP contribution in [0.25, 0.3) is 0 Å². The zero-order valence-corrected chi connectivity index (χ0v) is 9.34. The fourth-order valence-corrected chi connectivity index (χ4v) is 1.47. The van der Waals surface area contributed by atoms with Crippen molar-refractivity contribution in [3.63, 3.8) is 0 Å². The molecule has 0 aromatic heterocycles.